The van der Waals surface area contributed by atoms with E-state index in [9.17, 15) is 4.79 Å². The lowest BCUT2D eigenvalue weighted by Gasteiger charge is -2.24. The van der Waals surface area contributed by atoms with Crippen molar-refractivity contribution in [3.05, 3.63) is 34.9 Å². The topological polar surface area (TPSA) is 52.3 Å². The van der Waals surface area contributed by atoms with E-state index >= 15 is 0 Å². The van der Waals surface area contributed by atoms with E-state index in [1.54, 1.807) is 0 Å². The van der Waals surface area contributed by atoms with Crippen molar-refractivity contribution < 1.29 is 9.53 Å². The van der Waals surface area contributed by atoms with Crippen LogP contribution in [0.25, 0.3) is 0 Å². The molecule has 1 aromatic rings. The third-order valence-corrected chi connectivity index (χ3v) is 3.14. The summed E-state index contributed by atoms with van der Waals surface area (Å²) in [5.41, 5.74) is 8.59. The molecule has 1 aliphatic carbocycles. The number of nitrogens with two attached hydrogens (primary N) is 1. The summed E-state index contributed by atoms with van der Waals surface area (Å²) >= 11 is 0. The molecule has 0 bridgehead atoms. The number of carbonyl (C=O) groups is 1. The summed E-state index contributed by atoms with van der Waals surface area (Å²) < 4.78 is 5.37. The lowest BCUT2D eigenvalue weighted by Crippen LogP contribution is -2.24. The van der Waals surface area contributed by atoms with Crippen LogP contribution in [0.15, 0.2) is 18.2 Å². The summed E-state index contributed by atoms with van der Waals surface area (Å²) in [6, 6.07) is 5.79. The van der Waals surface area contributed by atoms with Crippen LogP contribution in [0.1, 0.15) is 61.1 Å². The zero-order chi connectivity index (χ0) is 13.3. The Hall–Kier alpha value is -1.35. The van der Waals surface area contributed by atoms with Crippen LogP contribution in [0.2, 0.25) is 0 Å². The number of carbonyl (C=O) groups excluding carboxylic acids is 1. The molecule has 0 aromatic heterocycles. The van der Waals surface area contributed by atoms with Gasteiger partial charge >= 0.3 is 5.97 Å². The highest BCUT2D eigenvalue weighted by Gasteiger charge is 2.21. The van der Waals surface area contributed by atoms with Crippen LogP contribution >= 0.6 is 0 Å². The summed E-state index contributed by atoms with van der Waals surface area (Å²) in [5, 5.41) is 0. The molecular formula is C15H21NO2. The van der Waals surface area contributed by atoms with Gasteiger partial charge in [-0.05, 0) is 63.3 Å². The van der Waals surface area contributed by atoms with Crippen molar-refractivity contribution in [3.63, 3.8) is 0 Å². The first-order valence-corrected chi connectivity index (χ1v) is 6.48. The van der Waals surface area contributed by atoms with Crippen LogP contribution in [0, 0.1) is 0 Å². The van der Waals surface area contributed by atoms with Crippen LogP contribution in [-0.4, -0.2) is 11.6 Å². The Morgan fingerprint density at radius 3 is 2.78 bits per heavy atom. The molecule has 1 aromatic carbocycles. The van der Waals surface area contributed by atoms with Gasteiger partial charge < -0.3 is 10.5 Å². The first-order valence-electron chi connectivity index (χ1n) is 6.48. The van der Waals surface area contributed by atoms with E-state index in [1.165, 1.54) is 5.56 Å². The van der Waals surface area contributed by atoms with Crippen molar-refractivity contribution in [2.75, 3.05) is 0 Å². The fraction of sp³-hybridized carbons (Fsp3) is 0.533. The highest BCUT2D eigenvalue weighted by Crippen LogP contribution is 2.29. The minimum Gasteiger partial charge on any atom is -0.456 e. The minimum absolute atomic E-state index is 0.0520. The molecule has 3 nitrogen and oxygen atoms in total. The number of fused-ring (bicyclic) bond motifs is 1. The van der Waals surface area contributed by atoms with Crippen molar-refractivity contribution >= 4 is 5.97 Å². The maximum absolute atomic E-state index is 12.0. The number of esters is 1. The largest absolute Gasteiger partial charge is 0.456 e. The highest BCUT2D eigenvalue weighted by molar-refractivity contribution is 5.90. The van der Waals surface area contributed by atoms with Gasteiger partial charge in [-0.3, -0.25) is 0 Å². The third kappa shape index (κ3) is 2.91. The highest BCUT2D eigenvalue weighted by atomic mass is 16.6. The van der Waals surface area contributed by atoms with E-state index in [0.29, 0.717) is 5.56 Å². The number of rotatable bonds is 1. The van der Waals surface area contributed by atoms with Gasteiger partial charge in [0.05, 0.1) is 5.56 Å². The van der Waals surface area contributed by atoms with Crippen LogP contribution < -0.4 is 5.73 Å². The average molecular weight is 247 g/mol. The fourth-order valence-corrected chi connectivity index (χ4v) is 2.30. The Bertz CT molecular complexity index is 460. The predicted molar refractivity (Wildman–Crippen MR) is 71.5 cm³/mol. The van der Waals surface area contributed by atoms with E-state index in [-0.39, 0.29) is 12.0 Å². The molecule has 0 radical (unpaired) electrons. The van der Waals surface area contributed by atoms with E-state index in [2.05, 4.69) is 0 Å². The van der Waals surface area contributed by atoms with Gasteiger partial charge in [-0.2, -0.15) is 0 Å². The smallest absolute Gasteiger partial charge is 0.338 e. The molecule has 1 aliphatic rings. The molecule has 0 fully saturated rings. The Labute approximate surface area is 108 Å². The summed E-state index contributed by atoms with van der Waals surface area (Å²) in [6.07, 6.45) is 3.17. The number of ether oxygens (including phenoxy) is 1. The summed E-state index contributed by atoms with van der Waals surface area (Å²) in [5.74, 6) is -0.275. The minimum atomic E-state index is -0.463. The molecule has 2 N–H and O–H groups in total. The Morgan fingerprint density at radius 1 is 1.39 bits per heavy atom. The molecule has 98 valence electrons. The van der Waals surface area contributed by atoms with Gasteiger partial charge in [0.15, 0.2) is 0 Å². The Kier molecular flexibility index (Phi) is 3.44. The van der Waals surface area contributed by atoms with E-state index in [0.717, 1.165) is 24.8 Å². The second kappa shape index (κ2) is 4.73. The van der Waals surface area contributed by atoms with Crippen LogP contribution in [0.5, 0.6) is 0 Å². The van der Waals surface area contributed by atoms with E-state index in [1.807, 2.05) is 39.0 Å². The van der Waals surface area contributed by atoms with Gasteiger partial charge in [-0.25, -0.2) is 4.79 Å². The molecule has 0 saturated heterocycles. The Balaban J connectivity index is 2.25. The molecule has 18 heavy (non-hydrogen) atoms. The SMILES string of the molecule is CC(C)(C)OC(=O)c1ccc2c(c1)C(N)CCC2. The molecule has 3 heteroatoms. The molecule has 0 saturated carbocycles. The van der Waals surface area contributed by atoms with Gasteiger partial charge in [0.1, 0.15) is 5.60 Å². The number of hydrogen-bond donors (Lipinski definition) is 1. The van der Waals surface area contributed by atoms with Crippen molar-refractivity contribution in [3.8, 4) is 0 Å². The summed E-state index contributed by atoms with van der Waals surface area (Å²) in [7, 11) is 0. The van der Waals surface area contributed by atoms with Crippen LogP contribution in [-0.2, 0) is 11.2 Å². The normalized spacial score (nSPS) is 19.2. The van der Waals surface area contributed by atoms with Crippen molar-refractivity contribution in [2.45, 2.75) is 51.7 Å². The van der Waals surface area contributed by atoms with Crippen LogP contribution in [0.4, 0.5) is 0 Å². The molecule has 0 heterocycles. The van der Waals surface area contributed by atoms with Gasteiger partial charge in [-0.15, -0.1) is 0 Å². The van der Waals surface area contributed by atoms with Crippen LogP contribution in [0.3, 0.4) is 0 Å². The van der Waals surface area contributed by atoms with Gasteiger partial charge in [0.2, 0.25) is 0 Å². The second-order valence-electron chi connectivity index (χ2n) is 5.91. The first kappa shape index (κ1) is 13.1. The molecule has 1 atom stereocenters. The van der Waals surface area contributed by atoms with Gasteiger partial charge in [-0.1, -0.05) is 6.07 Å². The van der Waals surface area contributed by atoms with E-state index in [4.69, 9.17) is 10.5 Å². The molecule has 0 spiro atoms. The number of benzene rings is 1. The number of aryl methyl sites for hydroxylation is 1. The average Bonchev–Trinajstić information content (AvgIpc) is 2.27. The van der Waals surface area contributed by atoms with Crippen molar-refractivity contribution in [1.82, 2.24) is 0 Å². The molecule has 1 unspecified atom stereocenters. The number of hydrogen-bond acceptors (Lipinski definition) is 3. The molecule has 0 aliphatic heterocycles. The maximum atomic E-state index is 12.0. The van der Waals surface area contributed by atoms with Crippen molar-refractivity contribution in [1.29, 1.82) is 0 Å². The lowest BCUT2D eigenvalue weighted by atomic mass is 9.87. The summed E-state index contributed by atoms with van der Waals surface area (Å²) in [6.45, 7) is 5.61. The zero-order valence-electron chi connectivity index (χ0n) is 11.3. The molecular weight excluding hydrogens is 226 g/mol. The Morgan fingerprint density at radius 2 is 2.11 bits per heavy atom. The fourth-order valence-electron chi connectivity index (χ4n) is 2.30. The lowest BCUT2D eigenvalue weighted by molar-refractivity contribution is 0.00694. The third-order valence-electron chi connectivity index (χ3n) is 3.14. The summed E-state index contributed by atoms with van der Waals surface area (Å²) in [4.78, 5) is 12.0. The molecule has 2 rings (SSSR count). The maximum Gasteiger partial charge on any atom is 0.338 e. The molecule has 0 amide bonds. The predicted octanol–water partition coefficient (Wildman–Crippen LogP) is 2.98. The zero-order valence-corrected chi connectivity index (χ0v) is 11.3. The monoisotopic (exact) mass is 247 g/mol. The van der Waals surface area contributed by atoms with Gasteiger partial charge in [0, 0.05) is 6.04 Å². The quantitative estimate of drug-likeness (QED) is 0.776. The standard InChI is InChI=1S/C15H21NO2/c1-15(2,3)18-14(17)11-8-7-10-5-4-6-13(16)12(10)9-11/h7-9,13H,4-6,16H2,1-3H3. The van der Waals surface area contributed by atoms with Crippen molar-refractivity contribution in [2.24, 2.45) is 5.73 Å². The van der Waals surface area contributed by atoms with Gasteiger partial charge in [0.25, 0.3) is 0 Å². The van der Waals surface area contributed by atoms with E-state index < -0.39 is 5.60 Å². The second-order valence-corrected chi connectivity index (χ2v) is 5.91. The first-order chi connectivity index (χ1) is 8.37.